The van der Waals surface area contributed by atoms with Crippen molar-refractivity contribution in [1.29, 1.82) is 0 Å². The number of carbonyl (C=O) groups is 1. The molecule has 26 heavy (non-hydrogen) atoms. The summed E-state index contributed by atoms with van der Waals surface area (Å²) in [6.45, 7) is 1.68. The lowest BCUT2D eigenvalue weighted by Crippen LogP contribution is -2.32. The molecule has 0 aliphatic heterocycles. The molecule has 0 fully saturated rings. The van der Waals surface area contributed by atoms with Crippen molar-refractivity contribution < 1.29 is 13.6 Å². The quantitative estimate of drug-likeness (QED) is 0.690. The first-order valence-corrected chi connectivity index (χ1v) is 8.41. The topological polar surface area (TPSA) is 29.1 Å². The van der Waals surface area contributed by atoms with Crippen LogP contribution in [0.25, 0.3) is 0 Å². The highest BCUT2D eigenvalue weighted by atomic mass is 19.1. The van der Waals surface area contributed by atoms with Crippen molar-refractivity contribution >= 4 is 5.91 Å². The fourth-order valence-corrected chi connectivity index (χ4v) is 3.01. The van der Waals surface area contributed by atoms with Gasteiger partial charge in [0.1, 0.15) is 11.6 Å². The van der Waals surface area contributed by atoms with Crippen LogP contribution in [0.1, 0.15) is 35.6 Å². The molecular formula is C22H19F2NO. The molecule has 3 aromatic carbocycles. The van der Waals surface area contributed by atoms with Crippen LogP contribution in [0.3, 0.4) is 0 Å². The van der Waals surface area contributed by atoms with Crippen molar-refractivity contribution in [2.24, 2.45) is 0 Å². The number of amides is 1. The van der Waals surface area contributed by atoms with Gasteiger partial charge in [-0.1, -0.05) is 66.7 Å². The molecule has 0 aliphatic carbocycles. The first-order valence-electron chi connectivity index (χ1n) is 8.41. The fraction of sp³-hybridized carbons (Fsp3) is 0.136. The monoisotopic (exact) mass is 351 g/mol. The Kier molecular flexibility index (Phi) is 5.42. The number of hydrogen-bond donors (Lipinski definition) is 1. The Morgan fingerprint density at radius 2 is 1.38 bits per heavy atom. The molecule has 132 valence electrons. The van der Waals surface area contributed by atoms with E-state index >= 15 is 0 Å². The number of nitrogens with one attached hydrogen (secondary N) is 1. The second-order valence-electron chi connectivity index (χ2n) is 6.15. The van der Waals surface area contributed by atoms with Crippen molar-refractivity contribution in [2.75, 3.05) is 0 Å². The second kappa shape index (κ2) is 7.91. The Hall–Kier alpha value is -3.01. The molecule has 0 saturated carbocycles. The smallest absolute Gasteiger partial charge is 0.232 e. The van der Waals surface area contributed by atoms with Crippen LogP contribution in [0.2, 0.25) is 0 Å². The molecule has 0 saturated heterocycles. The SMILES string of the molecule is CC(NC(=O)C(c1ccccc1)c1ccccc1)c1ccc(F)cc1F. The van der Waals surface area contributed by atoms with E-state index in [2.05, 4.69) is 5.32 Å². The van der Waals surface area contributed by atoms with Crippen molar-refractivity contribution in [1.82, 2.24) is 5.32 Å². The van der Waals surface area contributed by atoms with E-state index in [4.69, 9.17) is 0 Å². The van der Waals surface area contributed by atoms with Crippen LogP contribution in [-0.4, -0.2) is 5.91 Å². The van der Waals surface area contributed by atoms with Gasteiger partial charge >= 0.3 is 0 Å². The average molecular weight is 351 g/mol. The summed E-state index contributed by atoms with van der Waals surface area (Å²) >= 11 is 0. The van der Waals surface area contributed by atoms with Gasteiger partial charge in [-0.2, -0.15) is 0 Å². The summed E-state index contributed by atoms with van der Waals surface area (Å²) in [6, 6.07) is 21.6. The van der Waals surface area contributed by atoms with Gasteiger partial charge in [0.15, 0.2) is 0 Å². The van der Waals surface area contributed by atoms with E-state index in [1.54, 1.807) is 6.92 Å². The van der Waals surface area contributed by atoms with Gasteiger partial charge in [-0.25, -0.2) is 8.78 Å². The molecular weight excluding hydrogens is 332 g/mol. The van der Waals surface area contributed by atoms with E-state index in [9.17, 15) is 13.6 Å². The molecule has 0 aromatic heterocycles. The molecule has 0 spiro atoms. The number of rotatable bonds is 5. The van der Waals surface area contributed by atoms with Crippen molar-refractivity contribution in [3.63, 3.8) is 0 Å². The zero-order chi connectivity index (χ0) is 18.5. The zero-order valence-corrected chi connectivity index (χ0v) is 14.3. The van der Waals surface area contributed by atoms with E-state index < -0.39 is 23.6 Å². The number of carbonyl (C=O) groups excluding carboxylic acids is 1. The highest BCUT2D eigenvalue weighted by Gasteiger charge is 2.24. The molecule has 3 aromatic rings. The molecule has 1 atom stereocenters. The third-order valence-electron chi connectivity index (χ3n) is 4.32. The summed E-state index contributed by atoms with van der Waals surface area (Å²) in [5.41, 5.74) is 1.95. The van der Waals surface area contributed by atoms with E-state index in [0.717, 1.165) is 17.2 Å². The standard InChI is InChI=1S/C22H19F2NO/c1-15(19-13-12-18(23)14-20(19)24)25-22(26)21(16-8-4-2-5-9-16)17-10-6-3-7-11-17/h2-15,21H,1H3,(H,25,26). The van der Waals surface area contributed by atoms with Crippen LogP contribution in [0.4, 0.5) is 8.78 Å². The predicted octanol–water partition coefficient (Wildman–Crippen LogP) is 4.97. The molecule has 0 aliphatic rings. The van der Waals surface area contributed by atoms with Crippen LogP contribution in [0.5, 0.6) is 0 Å². The Labute approximate surface area is 151 Å². The number of benzene rings is 3. The average Bonchev–Trinajstić information content (AvgIpc) is 2.63. The largest absolute Gasteiger partial charge is 0.349 e. The first-order chi connectivity index (χ1) is 12.6. The minimum Gasteiger partial charge on any atom is -0.349 e. The second-order valence-corrected chi connectivity index (χ2v) is 6.15. The van der Waals surface area contributed by atoms with Gasteiger partial charge in [-0.3, -0.25) is 4.79 Å². The fourth-order valence-electron chi connectivity index (χ4n) is 3.01. The van der Waals surface area contributed by atoms with E-state index in [-0.39, 0.29) is 11.5 Å². The van der Waals surface area contributed by atoms with Crippen molar-refractivity contribution in [2.45, 2.75) is 18.9 Å². The van der Waals surface area contributed by atoms with Gasteiger partial charge in [-0.05, 0) is 24.1 Å². The zero-order valence-electron chi connectivity index (χ0n) is 14.3. The molecule has 1 amide bonds. The number of halogens is 2. The Morgan fingerprint density at radius 3 is 1.88 bits per heavy atom. The van der Waals surface area contributed by atoms with Crippen molar-refractivity contribution in [3.8, 4) is 0 Å². The van der Waals surface area contributed by atoms with E-state index in [1.165, 1.54) is 12.1 Å². The summed E-state index contributed by atoms with van der Waals surface area (Å²) in [5, 5.41) is 2.85. The Morgan fingerprint density at radius 1 is 0.846 bits per heavy atom. The Balaban J connectivity index is 1.88. The number of hydrogen-bond acceptors (Lipinski definition) is 1. The third-order valence-corrected chi connectivity index (χ3v) is 4.32. The first kappa shape index (κ1) is 17.8. The van der Waals surface area contributed by atoms with Gasteiger partial charge in [0, 0.05) is 11.6 Å². The molecule has 0 heterocycles. The predicted molar refractivity (Wildman–Crippen MR) is 97.6 cm³/mol. The minimum atomic E-state index is -0.672. The van der Waals surface area contributed by atoms with Gasteiger partial charge < -0.3 is 5.32 Å². The maximum Gasteiger partial charge on any atom is 0.232 e. The third kappa shape index (κ3) is 3.97. The van der Waals surface area contributed by atoms with Crippen LogP contribution >= 0.6 is 0 Å². The molecule has 1 N–H and O–H groups in total. The lowest BCUT2D eigenvalue weighted by molar-refractivity contribution is -0.122. The molecule has 3 rings (SSSR count). The van der Waals surface area contributed by atoms with Crippen LogP contribution < -0.4 is 5.32 Å². The summed E-state index contributed by atoms with van der Waals surface area (Å²) in [4.78, 5) is 13.0. The van der Waals surface area contributed by atoms with E-state index in [0.29, 0.717) is 0 Å². The summed E-state index contributed by atoms with van der Waals surface area (Å²) in [6.07, 6.45) is 0. The summed E-state index contributed by atoms with van der Waals surface area (Å²) < 4.78 is 27.1. The van der Waals surface area contributed by atoms with Gasteiger partial charge in [0.05, 0.1) is 12.0 Å². The van der Waals surface area contributed by atoms with Crippen LogP contribution in [-0.2, 0) is 4.79 Å². The molecule has 2 nitrogen and oxygen atoms in total. The summed E-state index contributed by atoms with van der Waals surface area (Å²) in [7, 11) is 0. The normalized spacial score (nSPS) is 12.0. The van der Waals surface area contributed by atoms with Gasteiger partial charge in [0.2, 0.25) is 5.91 Å². The lowest BCUT2D eigenvalue weighted by Gasteiger charge is -2.21. The van der Waals surface area contributed by atoms with E-state index in [1.807, 2.05) is 60.7 Å². The summed E-state index contributed by atoms with van der Waals surface area (Å²) in [5.74, 6) is -2.06. The van der Waals surface area contributed by atoms with Crippen LogP contribution in [0, 0.1) is 11.6 Å². The highest BCUT2D eigenvalue weighted by molar-refractivity contribution is 5.87. The van der Waals surface area contributed by atoms with Crippen molar-refractivity contribution in [3.05, 3.63) is 107 Å². The lowest BCUT2D eigenvalue weighted by atomic mass is 9.90. The minimum absolute atomic E-state index is 0.237. The van der Waals surface area contributed by atoms with Crippen LogP contribution in [0.15, 0.2) is 78.9 Å². The maximum atomic E-state index is 14.0. The molecule has 0 radical (unpaired) electrons. The highest BCUT2D eigenvalue weighted by Crippen LogP contribution is 2.26. The maximum absolute atomic E-state index is 14.0. The molecule has 4 heteroatoms. The molecule has 1 unspecified atom stereocenters. The van der Waals surface area contributed by atoms with Gasteiger partial charge in [0.25, 0.3) is 0 Å². The Bertz CT molecular complexity index is 842. The molecule has 0 bridgehead atoms. The van der Waals surface area contributed by atoms with Gasteiger partial charge in [-0.15, -0.1) is 0 Å².